The van der Waals surface area contributed by atoms with E-state index >= 15 is 0 Å². The largest absolute Gasteiger partial charge is 0.363 e. The minimum atomic E-state index is -0.0650. The third-order valence-corrected chi connectivity index (χ3v) is 5.69. The molecule has 0 N–H and O–H groups in total. The molecule has 2 heterocycles. The molecule has 26 heavy (non-hydrogen) atoms. The Balaban J connectivity index is 1.76. The number of hydrogen-bond acceptors (Lipinski definition) is 3. The zero-order valence-electron chi connectivity index (χ0n) is 14.7. The van der Waals surface area contributed by atoms with Gasteiger partial charge in [-0.25, -0.2) is 0 Å². The third kappa shape index (κ3) is 3.36. The average Bonchev–Trinajstić information content (AvgIpc) is 3.06. The van der Waals surface area contributed by atoms with Gasteiger partial charge in [0, 0.05) is 10.0 Å². The van der Waals surface area contributed by atoms with Crippen LogP contribution in [0.15, 0.2) is 53.5 Å². The van der Waals surface area contributed by atoms with Gasteiger partial charge in [0.05, 0.1) is 18.6 Å². The Hall–Kier alpha value is -1.55. The second-order valence-electron chi connectivity index (χ2n) is 6.89. The van der Waals surface area contributed by atoms with Gasteiger partial charge in [-0.1, -0.05) is 60.8 Å². The molecule has 2 aromatic rings. The van der Waals surface area contributed by atoms with Crippen LogP contribution in [0.2, 0.25) is 10.0 Å². The van der Waals surface area contributed by atoms with Crippen LogP contribution in [0.5, 0.6) is 0 Å². The molecule has 1 saturated heterocycles. The lowest BCUT2D eigenvalue weighted by atomic mass is 9.91. The number of halogens is 2. The summed E-state index contributed by atoms with van der Waals surface area (Å²) in [6, 6.07) is 16.6. The van der Waals surface area contributed by atoms with E-state index in [4.69, 9.17) is 32.9 Å². The number of ether oxygens (including phenoxy) is 1. The summed E-state index contributed by atoms with van der Waals surface area (Å²) in [6.07, 6.45) is 2.21. The first kappa shape index (κ1) is 17.8. The molecule has 2 aromatic carbocycles. The average molecular weight is 389 g/mol. The summed E-state index contributed by atoms with van der Waals surface area (Å²) in [5.74, 6) is 1.06. The van der Waals surface area contributed by atoms with E-state index in [9.17, 15) is 0 Å². The van der Waals surface area contributed by atoms with Crippen LogP contribution in [-0.2, 0) is 4.74 Å². The van der Waals surface area contributed by atoms with E-state index in [0.29, 0.717) is 12.6 Å². The number of fused-ring (bicyclic) bond motifs is 1. The van der Waals surface area contributed by atoms with Gasteiger partial charge >= 0.3 is 0 Å². The maximum absolute atomic E-state index is 6.29. The van der Waals surface area contributed by atoms with Crippen LogP contribution in [0, 0.1) is 0 Å². The first-order valence-corrected chi connectivity index (χ1v) is 9.87. The quantitative estimate of drug-likeness (QED) is 0.671. The molecular weight excluding hydrogens is 367 g/mol. The highest BCUT2D eigenvalue weighted by molar-refractivity contribution is 6.30. The van der Waals surface area contributed by atoms with Crippen LogP contribution < -0.4 is 0 Å². The van der Waals surface area contributed by atoms with Crippen LogP contribution in [0.4, 0.5) is 0 Å². The van der Waals surface area contributed by atoms with Gasteiger partial charge in [-0.3, -0.25) is 4.99 Å². The van der Waals surface area contributed by atoms with Crippen molar-refractivity contribution < 1.29 is 4.74 Å². The fraction of sp³-hybridized carbons (Fsp3) is 0.381. The molecule has 0 aromatic heterocycles. The van der Waals surface area contributed by atoms with Crippen molar-refractivity contribution in [1.82, 2.24) is 4.90 Å². The summed E-state index contributed by atoms with van der Waals surface area (Å²) < 4.78 is 6.29. The normalized spacial score (nSPS) is 25.1. The maximum atomic E-state index is 6.29. The van der Waals surface area contributed by atoms with Gasteiger partial charge in [0.25, 0.3) is 0 Å². The molecule has 0 unspecified atom stereocenters. The van der Waals surface area contributed by atoms with Gasteiger partial charge in [-0.15, -0.1) is 0 Å². The van der Waals surface area contributed by atoms with Gasteiger partial charge in [-0.2, -0.15) is 0 Å². The van der Waals surface area contributed by atoms with E-state index in [0.717, 1.165) is 40.8 Å². The van der Waals surface area contributed by atoms with Crippen LogP contribution in [-0.4, -0.2) is 29.9 Å². The zero-order chi connectivity index (χ0) is 18.1. The van der Waals surface area contributed by atoms with Crippen molar-refractivity contribution in [2.75, 3.05) is 13.2 Å². The molecule has 2 aliphatic rings. The fourth-order valence-corrected chi connectivity index (χ4v) is 4.24. The van der Waals surface area contributed by atoms with Gasteiger partial charge in [0.1, 0.15) is 18.5 Å². The highest BCUT2D eigenvalue weighted by Crippen LogP contribution is 2.43. The fourth-order valence-electron chi connectivity index (χ4n) is 3.99. The highest BCUT2D eigenvalue weighted by Gasteiger charge is 2.42. The molecule has 136 valence electrons. The van der Waals surface area contributed by atoms with E-state index < -0.39 is 0 Å². The lowest BCUT2D eigenvalue weighted by Crippen LogP contribution is -2.48. The topological polar surface area (TPSA) is 24.8 Å². The number of benzene rings is 2. The number of amidine groups is 1. The van der Waals surface area contributed by atoms with Crippen molar-refractivity contribution in [1.29, 1.82) is 0 Å². The van der Waals surface area contributed by atoms with Gasteiger partial charge in [-0.05, 0) is 41.8 Å². The van der Waals surface area contributed by atoms with Gasteiger partial charge in [0.2, 0.25) is 0 Å². The number of hydrogen-bond donors (Lipinski definition) is 0. The number of morpholine rings is 1. The Morgan fingerprint density at radius 3 is 2.23 bits per heavy atom. The SMILES string of the molecule is CCC[C@H]1CN=C2CO[C@H](c3ccc(Cl)cc3)[C@H](c3ccc(Cl)cc3)N21. The first-order chi connectivity index (χ1) is 12.7. The molecule has 3 nitrogen and oxygen atoms in total. The summed E-state index contributed by atoms with van der Waals surface area (Å²) in [5.41, 5.74) is 2.33. The Kier molecular flexibility index (Phi) is 5.21. The molecule has 0 amide bonds. The van der Waals surface area contributed by atoms with Gasteiger partial charge in [0.15, 0.2) is 0 Å². The zero-order valence-corrected chi connectivity index (χ0v) is 16.2. The van der Waals surface area contributed by atoms with Crippen molar-refractivity contribution in [3.8, 4) is 0 Å². The first-order valence-electron chi connectivity index (χ1n) is 9.11. The van der Waals surface area contributed by atoms with E-state index in [1.54, 1.807) is 0 Å². The minimum Gasteiger partial charge on any atom is -0.363 e. The second kappa shape index (κ2) is 7.59. The van der Waals surface area contributed by atoms with Crippen LogP contribution in [0.25, 0.3) is 0 Å². The van der Waals surface area contributed by atoms with Crippen molar-refractivity contribution in [3.63, 3.8) is 0 Å². The summed E-state index contributed by atoms with van der Waals surface area (Å²) in [7, 11) is 0. The third-order valence-electron chi connectivity index (χ3n) is 5.19. The molecule has 4 rings (SSSR count). The van der Waals surface area contributed by atoms with Crippen molar-refractivity contribution in [2.24, 2.45) is 4.99 Å². The summed E-state index contributed by atoms with van der Waals surface area (Å²) >= 11 is 12.2. The van der Waals surface area contributed by atoms with Crippen molar-refractivity contribution in [3.05, 3.63) is 69.7 Å². The number of rotatable bonds is 4. The molecule has 0 aliphatic carbocycles. The number of nitrogens with zero attached hydrogens (tertiary/aromatic N) is 2. The molecule has 0 saturated carbocycles. The standard InChI is InChI=1S/C21H22Cl2N2O/c1-2-3-18-12-24-19-13-26-21(15-6-10-17(23)11-7-15)20(25(18)19)14-4-8-16(22)9-5-14/h4-11,18,20-21H,2-3,12-13H2,1H3/t18-,20-,21+/m0/s1. The van der Waals surface area contributed by atoms with E-state index in [2.05, 4.69) is 36.1 Å². The van der Waals surface area contributed by atoms with Crippen molar-refractivity contribution >= 4 is 29.0 Å². The van der Waals surface area contributed by atoms with E-state index in [1.165, 1.54) is 5.56 Å². The van der Waals surface area contributed by atoms with E-state index in [1.807, 2.05) is 24.3 Å². The van der Waals surface area contributed by atoms with E-state index in [-0.39, 0.29) is 12.1 Å². The molecular formula is C21H22Cl2N2O. The second-order valence-corrected chi connectivity index (χ2v) is 7.76. The summed E-state index contributed by atoms with van der Waals surface area (Å²) in [4.78, 5) is 7.25. The molecule has 5 heteroatoms. The number of aliphatic imine (C=N–C) groups is 1. The Morgan fingerprint density at radius 1 is 1.00 bits per heavy atom. The highest BCUT2D eigenvalue weighted by atomic mass is 35.5. The predicted octanol–water partition coefficient (Wildman–Crippen LogP) is 5.69. The lowest BCUT2D eigenvalue weighted by Gasteiger charge is -2.44. The smallest absolute Gasteiger partial charge is 0.126 e. The molecule has 0 radical (unpaired) electrons. The maximum Gasteiger partial charge on any atom is 0.126 e. The molecule has 0 spiro atoms. The van der Waals surface area contributed by atoms with Crippen molar-refractivity contribution in [2.45, 2.75) is 38.0 Å². The van der Waals surface area contributed by atoms with Gasteiger partial charge < -0.3 is 9.64 Å². The molecule has 0 bridgehead atoms. The van der Waals surface area contributed by atoms with Crippen LogP contribution in [0.1, 0.15) is 43.0 Å². The lowest BCUT2D eigenvalue weighted by molar-refractivity contribution is -0.0189. The monoisotopic (exact) mass is 388 g/mol. The Labute approximate surface area is 164 Å². The molecule has 2 aliphatic heterocycles. The summed E-state index contributed by atoms with van der Waals surface area (Å²) in [6.45, 7) is 3.63. The molecule has 1 fully saturated rings. The van der Waals surface area contributed by atoms with Crippen LogP contribution in [0.3, 0.4) is 0 Å². The Morgan fingerprint density at radius 2 is 1.62 bits per heavy atom. The van der Waals surface area contributed by atoms with Crippen LogP contribution >= 0.6 is 23.2 Å². The molecule has 3 atom stereocenters. The predicted molar refractivity (Wildman–Crippen MR) is 107 cm³/mol. The Bertz CT molecular complexity index is 789. The summed E-state index contributed by atoms with van der Waals surface area (Å²) in [5, 5.41) is 1.48. The minimum absolute atomic E-state index is 0.0650.